The third-order valence-corrected chi connectivity index (χ3v) is 10.4. The van der Waals surface area contributed by atoms with Crippen molar-refractivity contribution >= 4 is 29.4 Å². The Hall–Kier alpha value is -5.92. The van der Waals surface area contributed by atoms with E-state index in [0.29, 0.717) is 52.6 Å². The normalized spacial score (nSPS) is 17.8. The number of urea groups is 1. The molecule has 270 valence electrons. The summed E-state index contributed by atoms with van der Waals surface area (Å²) >= 11 is 0. The molecule has 3 aliphatic heterocycles. The molecule has 0 spiro atoms. The molecule has 2 fully saturated rings. The van der Waals surface area contributed by atoms with Gasteiger partial charge in [-0.2, -0.15) is 0 Å². The van der Waals surface area contributed by atoms with Gasteiger partial charge in [0.25, 0.3) is 5.91 Å². The van der Waals surface area contributed by atoms with Crippen molar-refractivity contribution in [3.8, 4) is 34.6 Å². The molecule has 1 unspecified atom stereocenters. The van der Waals surface area contributed by atoms with Crippen LogP contribution in [-0.4, -0.2) is 82.8 Å². The number of fused-ring (bicyclic) bond motifs is 1. The summed E-state index contributed by atoms with van der Waals surface area (Å²) in [7, 11) is 0. The second-order valence-corrected chi connectivity index (χ2v) is 14.0. The van der Waals surface area contributed by atoms with Gasteiger partial charge in [-0.15, -0.1) is 5.10 Å². The van der Waals surface area contributed by atoms with Crippen molar-refractivity contribution in [1.82, 2.24) is 29.9 Å². The average Bonchev–Trinajstić information content (AvgIpc) is 3.67. The second kappa shape index (κ2) is 14.0. The van der Waals surface area contributed by atoms with Gasteiger partial charge < -0.3 is 30.4 Å². The van der Waals surface area contributed by atoms with Gasteiger partial charge in [0.2, 0.25) is 11.8 Å². The Balaban J connectivity index is 0.934. The van der Waals surface area contributed by atoms with Crippen molar-refractivity contribution < 1.29 is 34.5 Å². The molecule has 0 bridgehead atoms. The van der Waals surface area contributed by atoms with Crippen LogP contribution in [0.4, 0.5) is 10.5 Å². The number of rotatable bonds is 8. The lowest BCUT2D eigenvalue weighted by Gasteiger charge is -2.32. The highest BCUT2D eigenvalue weighted by molar-refractivity contribution is 6.06. The first-order valence-electron chi connectivity index (χ1n) is 17.6. The number of hydrogen-bond acceptors (Lipinski definition) is 9. The lowest BCUT2D eigenvalue weighted by Crippen LogP contribution is -2.52. The van der Waals surface area contributed by atoms with Crippen molar-refractivity contribution in [2.24, 2.45) is 5.92 Å². The molecule has 7 rings (SSSR count). The SMILES string of the molecule is CC(C)c1cc(-c2nnc(O)n2-c2ccc(CCC3CCN(C(=O)Nc4cccc5c4CN(C4CCC(=O)NC4=O)C5=O)CC3)cc2)c(O)cc1O. The van der Waals surface area contributed by atoms with Crippen LogP contribution >= 0.6 is 0 Å². The minimum atomic E-state index is -0.724. The molecule has 0 radical (unpaired) electrons. The molecular formula is C38H41N7O7. The number of nitrogens with one attached hydrogen (secondary N) is 2. The average molecular weight is 708 g/mol. The highest BCUT2D eigenvalue weighted by Crippen LogP contribution is 2.39. The first kappa shape index (κ1) is 34.5. The summed E-state index contributed by atoms with van der Waals surface area (Å²) in [6.07, 6.45) is 3.94. The van der Waals surface area contributed by atoms with Crippen molar-refractivity contribution in [2.45, 2.75) is 70.9 Å². The summed E-state index contributed by atoms with van der Waals surface area (Å²) in [5.41, 5.74) is 4.38. The number of phenolic OH excluding ortho intramolecular Hbond substituents is 2. The van der Waals surface area contributed by atoms with E-state index in [9.17, 15) is 34.5 Å². The number of likely N-dealkylation sites (tertiary alicyclic amines) is 1. The standard InChI is InChI=1S/C38H41N7O7/c1-21(2)26-18-27(32(47)19-31(26)46)34-41-42-38(52)45(34)24-10-8-22(9-11-24)6-7-23-14-16-43(17-15-23)37(51)39-29-5-3-4-25-28(29)20-44(36(25)50)30-12-13-33(48)40-35(30)49/h3-5,8-11,18-19,21,23,30,46-47H,6-7,12-17,20H2,1-2H3,(H,39,51)(H,42,52)(H,40,48,49). The molecule has 3 aliphatic rings. The zero-order chi connectivity index (χ0) is 36.7. The highest BCUT2D eigenvalue weighted by atomic mass is 16.3. The van der Waals surface area contributed by atoms with Gasteiger partial charge in [-0.3, -0.25) is 19.7 Å². The topological polar surface area (TPSA) is 190 Å². The molecule has 3 aromatic carbocycles. The number of nitrogens with zero attached hydrogens (tertiary/aromatic N) is 5. The van der Waals surface area contributed by atoms with Gasteiger partial charge >= 0.3 is 12.0 Å². The zero-order valence-corrected chi connectivity index (χ0v) is 29.0. The number of carbonyl (C=O) groups is 4. The number of amides is 5. The summed E-state index contributed by atoms with van der Waals surface area (Å²) in [6.45, 7) is 5.25. The summed E-state index contributed by atoms with van der Waals surface area (Å²) in [5, 5.41) is 44.7. The Morgan fingerprint density at radius 2 is 1.69 bits per heavy atom. The Labute approximate surface area is 300 Å². The van der Waals surface area contributed by atoms with Crippen molar-refractivity contribution in [3.63, 3.8) is 0 Å². The Kier molecular flexibility index (Phi) is 9.30. The number of aromatic hydroxyl groups is 3. The van der Waals surface area contributed by atoms with Crippen LogP contribution in [0.2, 0.25) is 0 Å². The first-order chi connectivity index (χ1) is 25.0. The third-order valence-electron chi connectivity index (χ3n) is 10.4. The Morgan fingerprint density at radius 1 is 0.942 bits per heavy atom. The van der Waals surface area contributed by atoms with E-state index in [1.54, 1.807) is 29.2 Å². The fourth-order valence-electron chi connectivity index (χ4n) is 7.43. The number of piperidine rings is 2. The van der Waals surface area contributed by atoms with Crippen LogP contribution in [0.5, 0.6) is 17.5 Å². The minimum Gasteiger partial charge on any atom is -0.508 e. The first-order valence-corrected chi connectivity index (χ1v) is 17.6. The number of hydrogen-bond donors (Lipinski definition) is 5. The monoisotopic (exact) mass is 707 g/mol. The molecule has 14 heteroatoms. The molecule has 1 aromatic heterocycles. The minimum absolute atomic E-state index is 0.00201. The number of carbonyl (C=O) groups excluding carboxylic acids is 4. The number of benzene rings is 3. The van der Waals surface area contributed by atoms with Gasteiger partial charge in [0.15, 0.2) is 5.82 Å². The number of imide groups is 1. The molecule has 1 atom stereocenters. The van der Waals surface area contributed by atoms with Gasteiger partial charge in [-0.1, -0.05) is 37.1 Å². The molecule has 2 saturated heterocycles. The zero-order valence-electron chi connectivity index (χ0n) is 29.0. The Morgan fingerprint density at radius 3 is 2.40 bits per heavy atom. The van der Waals surface area contributed by atoms with Crippen molar-refractivity contribution in [3.05, 3.63) is 76.9 Å². The van der Waals surface area contributed by atoms with Gasteiger partial charge in [0.05, 0.1) is 11.3 Å². The quantitative estimate of drug-likeness (QED) is 0.160. The molecule has 5 amide bonds. The maximum atomic E-state index is 13.3. The van der Waals surface area contributed by atoms with E-state index in [1.807, 2.05) is 38.1 Å². The third kappa shape index (κ3) is 6.63. The van der Waals surface area contributed by atoms with Gasteiger partial charge in [0.1, 0.15) is 17.5 Å². The van der Waals surface area contributed by atoms with Gasteiger partial charge in [-0.05, 0) is 85.4 Å². The highest BCUT2D eigenvalue weighted by Gasteiger charge is 2.40. The number of anilines is 1. The van der Waals surface area contributed by atoms with Crippen LogP contribution in [0.3, 0.4) is 0 Å². The molecule has 4 heterocycles. The fourth-order valence-corrected chi connectivity index (χ4v) is 7.43. The van der Waals surface area contributed by atoms with Crippen molar-refractivity contribution in [2.75, 3.05) is 18.4 Å². The number of aromatic nitrogens is 3. The van der Waals surface area contributed by atoms with E-state index >= 15 is 0 Å². The fraction of sp³-hybridized carbons (Fsp3) is 0.368. The van der Waals surface area contributed by atoms with Crippen molar-refractivity contribution in [1.29, 1.82) is 0 Å². The van der Waals surface area contributed by atoms with E-state index in [2.05, 4.69) is 20.8 Å². The summed E-state index contributed by atoms with van der Waals surface area (Å²) in [5.74, 6) is -0.602. The van der Waals surface area contributed by atoms with Crippen LogP contribution in [0.1, 0.15) is 78.9 Å². The maximum absolute atomic E-state index is 13.3. The van der Waals surface area contributed by atoms with E-state index in [1.165, 1.54) is 15.5 Å². The largest absolute Gasteiger partial charge is 0.508 e. The van der Waals surface area contributed by atoms with Crippen LogP contribution < -0.4 is 10.6 Å². The molecule has 4 aromatic rings. The summed E-state index contributed by atoms with van der Waals surface area (Å²) in [6, 6.07) is 14.6. The van der Waals surface area contributed by atoms with E-state index in [0.717, 1.165) is 31.2 Å². The summed E-state index contributed by atoms with van der Waals surface area (Å²) < 4.78 is 1.46. The number of aryl methyl sites for hydroxylation is 1. The molecule has 52 heavy (non-hydrogen) atoms. The lowest BCUT2D eigenvalue weighted by atomic mass is 9.90. The van der Waals surface area contributed by atoms with E-state index in [-0.39, 0.29) is 66.5 Å². The van der Waals surface area contributed by atoms with Crippen LogP contribution in [0.25, 0.3) is 17.1 Å². The lowest BCUT2D eigenvalue weighted by molar-refractivity contribution is -0.136. The predicted molar refractivity (Wildman–Crippen MR) is 190 cm³/mol. The predicted octanol–water partition coefficient (Wildman–Crippen LogP) is 4.81. The maximum Gasteiger partial charge on any atom is 0.321 e. The molecule has 14 nitrogen and oxygen atoms in total. The van der Waals surface area contributed by atoms with Crippen LogP contribution in [0, 0.1) is 5.92 Å². The van der Waals surface area contributed by atoms with E-state index < -0.39 is 11.9 Å². The van der Waals surface area contributed by atoms with Gasteiger partial charge in [-0.25, -0.2) is 9.36 Å². The smallest absolute Gasteiger partial charge is 0.321 e. The summed E-state index contributed by atoms with van der Waals surface area (Å²) in [4.78, 5) is 53.8. The molecule has 5 N–H and O–H groups in total. The van der Waals surface area contributed by atoms with Crippen LogP contribution in [-0.2, 0) is 22.6 Å². The van der Waals surface area contributed by atoms with E-state index in [4.69, 9.17) is 0 Å². The molecular weight excluding hydrogens is 666 g/mol. The van der Waals surface area contributed by atoms with Gasteiger partial charge in [0, 0.05) is 48.9 Å². The molecule has 0 saturated carbocycles. The molecule has 0 aliphatic carbocycles. The second-order valence-electron chi connectivity index (χ2n) is 14.0. The number of phenols is 2. The van der Waals surface area contributed by atoms with Crippen LogP contribution in [0.15, 0.2) is 54.6 Å². The Bertz CT molecular complexity index is 2050.